The second-order valence-corrected chi connectivity index (χ2v) is 4.80. The number of nitriles is 1. The Morgan fingerprint density at radius 1 is 1.09 bits per heavy atom. The summed E-state index contributed by atoms with van der Waals surface area (Å²) in [6.45, 7) is 1.28. The van der Waals surface area contributed by atoms with Gasteiger partial charge < -0.3 is 4.74 Å². The summed E-state index contributed by atoms with van der Waals surface area (Å²) in [5.41, 5.74) is 1.76. The summed E-state index contributed by atoms with van der Waals surface area (Å²) in [5, 5.41) is 9.21. The SMILES string of the molecule is CC(=O)OCC(C#N)c1cccc(C(=O)c2ccccc2)c1. The van der Waals surface area contributed by atoms with Crippen molar-refractivity contribution in [1.29, 1.82) is 5.26 Å². The molecule has 0 amide bonds. The van der Waals surface area contributed by atoms with Crippen LogP contribution in [0.2, 0.25) is 0 Å². The zero-order valence-electron chi connectivity index (χ0n) is 12.2. The molecule has 4 nitrogen and oxygen atoms in total. The maximum absolute atomic E-state index is 12.4. The van der Waals surface area contributed by atoms with Crippen LogP contribution in [0, 0.1) is 11.3 Å². The number of ether oxygens (including phenoxy) is 1. The molecule has 2 aromatic rings. The predicted molar refractivity (Wildman–Crippen MR) is 81.3 cm³/mol. The number of benzene rings is 2. The van der Waals surface area contributed by atoms with Crippen LogP contribution in [0.5, 0.6) is 0 Å². The largest absolute Gasteiger partial charge is 0.464 e. The molecule has 0 saturated heterocycles. The fourth-order valence-electron chi connectivity index (χ4n) is 2.06. The first-order chi connectivity index (χ1) is 10.6. The number of carbonyl (C=O) groups excluding carboxylic acids is 2. The van der Waals surface area contributed by atoms with E-state index in [9.17, 15) is 14.9 Å². The van der Waals surface area contributed by atoms with Gasteiger partial charge in [0.2, 0.25) is 0 Å². The molecule has 0 heterocycles. The Balaban J connectivity index is 2.24. The van der Waals surface area contributed by atoms with Gasteiger partial charge in [-0.25, -0.2) is 0 Å². The van der Waals surface area contributed by atoms with E-state index in [4.69, 9.17) is 4.74 Å². The normalized spacial score (nSPS) is 11.3. The molecule has 4 heteroatoms. The van der Waals surface area contributed by atoms with Crippen molar-refractivity contribution in [2.24, 2.45) is 0 Å². The minimum Gasteiger partial charge on any atom is -0.464 e. The molecule has 22 heavy (non-hydrogen) atoms. The van der Waals surface area contributed by atoms with E-state index in [-0.39, 0.29) is 12.4 Å². The van der Waals surface area contributed by atoms with Gasteiger partial charge in [-0.2, -0.15) is 5.26 Å². The number of ketones is 1. The van der Waals surface area contributed by atoms with Crippen molar-refractivity contribution < 1.29 is 14.3 Å². The van der Waals surface area contributed by atoms with Gasteiger partial charge in [-0.15, -0.1) is 0 Å². The van der Waals surface area contributed by atoms with E-state index < -0.39 is 11.9 Å². The summed E-state index contributed by atoms with van der Waals surface area (Å²) >= 11 is 0. The second-order valence-electron chi connectivity index (χ2n) is 4.80. The Bertz CT molecular complexity index is 717. The van der Waals surface area contributed by atoms with Crippen molar-refractivity contribution in [2.45, 2.75) is 12.8 Å². The highest BCUT2D eigenvalue weighted by molar-refractivity contribution is 6.09. The lowest BCUT2D eigenvalue weighted by molar-refractivity contribution is -0.141. The molecule has 110 valence electrons. The van der Waals surface area contributed by atoms with Gasteiger partial charge in [0.25, 0.3) is 0 Å². The third-order valence-electron chi connectivity index (χ3n) is 3.20. The van der Waals surface area contributed by atoms with Crippen LogP contribution in [0.1, 0.15) is 34.3 Å². The van der Waals surface area contributed by atoms with E-state index >= 15 is 0 Å². The Kier molecular flexibility index (Phi) is 5.05. The van der Waals surface area contributed by atoms with E-state index in [2.05, 4.69) is 6.07 Å². The molecule has 0 saturated carbocycles. The molecule has 0 aliphatic carbocycles. The molecule has 0 bridgehead atoms. The monoisotopic (exact) mass is 293 g/mol. The smallest absolute Gasteiger partial charge is 0.302 e. The average molecular weight is 293 g/mol. The van der Waals surface area contributed by atoms with Gasteiger partial charge in [-0.1, -0.05) is 48.5 Å². The van der Waals surface area contributed by atoms with Crippen LogP contribution >= 0.6 is 0 Å². The van der Waals surface area contributed by atoms with Crippen molar-refractivity contribution in [1.82, 2.24) is 0 Å². The summed E-state index contributed by atoms with van der Waals surface area (Å²) < 4.78 is 4.89. The van der Waals surface area contributed by atoms with Gasteiger partial charge in [0.05, 0.1) is 6.07 Å². The van der Waals surface area contributed by atoms with Gasteiger partial charge >= 0.3 is 5.97 Å². The molecule has 2 rings (SSSR count). The lowest BCUT2D eigenvalue weighted by Gasteiger charge is -2.10. The van der Waals surface area contributed by atoms with Crippen molar-refractivity contribution in [3.63, 3.8) is 0 Å². The van der Waals surface area contributed by atoms with Crippen molar-refractivity contribution in [2.75, 3.05) is 6.61 Å². The second kappa shape index (κ2) is 7.19. The summed E-state index contributed by atoms with van der Waals surface area (Å²) in [7, 11) is 0. The highest BCUT2D eigenvalue weighted by Crippen LogP contribution is 2.19. The van der Waals surface area contributed by atoms with Crippen molar-refractivity contribution in [3.8, 4) is 6.07 Å². The zero-order valence-corrected chi connectivity index (χ0v) is 12.2. The number of esters is 1. The van der Waals surface area contributed by atoms with Gasteiger partial charge in [0.15, 0.2) is 5.78 Å². The van der Waals surface area contributed by atoms with Gasteiger partial charge in [-0.05, 0) is 11.6 Å². The van der Waals surface area contributed by atoms with Crippen LogP contribution in [0.3, 0.4) is 0 Å². The zero-order chi connectivity index (χ0) is 15.9. The van der Waals surface area contributed by atoms with Crippen LogP contribution in [-0.4, -0.2) is 18.4 Å². The molecule has 1 unspecified atom stereocenters. The Labute approximate surface area is 129 Å². The summed E-state index contributed by atoms with van der Waals surface area (Å²) in [6, 6.07) is 17.9. The van der Waals surface area contributed by atoms with Gasteiger partial charge in [-0.3, -0.25) is 9.59 Å². The first-order valence-corrected chi connectivity index (χ1v) is 6.84. The van der Waals surface area contributed by atoms with Crippen LogP contribution in [0.4, 0.5) is 0 Å². The van der Waals surface area contributed by atoms with E-state index in [1.165, 1.54) is 6.92 Å². The molecular weight excluding hydrogens is 278 g/mol. The van der Waals surface area contributed by atoms with E-state index in [0.717, 1.165) is 0 Å². The number of hydrogen-bond donors (Lipinski definition) is 0. The third kappa shape index (κ3) is 3.80. The average Bonchev–Trinajstić information content (AvgIpc) is 2.55. The molecule has 0 aliphatic heterocycles. The lowest BCUT2D eigenvalue weighted by atomic mass is 9.96. The molecular formula is C18H15NO3. The van der Waals surface area contributed by atoms with Gasteiger partial charge in [0, 0.05) is 18.1 Å². The summed E-state index contributed by atoms with van der Waals surface area (Å²) in [4.78, 5) is 23.3. The molecule has 0 N–H and O–H groups in total. The molecule has 0 fully saturated rings. The summed E-state index contributed by atoms with van der Waals surface area (Å²) in [5.74, 6) is -1.13. The third-order valence-corrected chi connectivity index (χ3v) is 3.20. The highest BCUT2D eigenvalue weighted by Gasteiger charge is 2.15. The number of hydrogen-bond acceptors (Lipinski definition) is 4. The standard InChI is InChI=1S/C18H15NO3/c1-13(20)22-12-17(11-19)15-8-5-9-16(10-15)18(21)14-6-3-2-4-7-14/h2-10,17H,12H2,1H3. The minimum atomic E-state index is -0.590. The fraction of sp³-hybridized carbons (Fsp3) is 0.167. The lowest BCUT2D eigenvalue weighted by Crippen LogP contribution is -2.10. The van der Waals surface area contributed by atoms with Crippen LogP contribution < -0.4 is 0 Å². The van der Waals surface area contributed by atoms with Gasteiger partial charge in [0.1, 0.15) is 12.5 Å². The van der Waals surface area contributed by atoms with Crippen LogP contribution in [0.15, 0.2) is 54.6 Å². The number of rotatable bonds is 5. The fourth-order valence-corrected chi connectivity index (χ4v) is 2.06. The molecule has 0 aliphatic rings. The summed E-state index contributed by atoms with van der Waals surface area (Å²) in [6.07, 6.45) is 0. The number of carbonyl (C=O) groups is 2. The Morgan fingerprint density at radius 2 is 1.77 bits per heavy atom. The molecule has 0 aromatic heterocycles. The quantitative estimate of drug-likeness (QED) is 0.627. The predicted octanol–water partition coefficient (Wildman–Crippen LogP) is 3.09. The van der Waals surface area contributed by atoms with Crippen LogP contribution in [0.25, 0.3) is 0 Å². The molecule has 1 atom stereocenters. The highest BCUT2D eigenvalue weighted by atomic mass is 16.5. The molecule has 2 aromatic carbocycles. The van der Waals surface area contributed by atoms with Crippen molar-refractivity contribution >= 4 is 11.8 Å². The maximum atomic E-state index is 12.4. The van der Waals surface area contributed by atoms with E-state index in [0.29, 0.717) is 16.7 Å². The van der Waals surface area contributed by atoms with Crippen LogP contribution in [-0.2, 0) is 9.53 Å². The molecule has 0 radical (unpaired) electrons. The minimum absolute atomic E-state index is 0.0190. The van der Waals surface area contributed by atoms with E-state index in [1.807, 2.05) is 6.07 Å². The first kappa shape index (κ1) is 15.5. The molecule has 0 spiro atoms. The first-order valence-electron chi connectivity index (χ1n) is 6.84. The Hall–Kier alpha value is -2.93. The topological polar surface area (TPSA) is 67.2 Å². The maximum Gasteiger partial charge on any atom is 0.302 e. The van der Waals surface area contributed by atoms with E-state index in [1.54, 1.807) is 48.5 Å². The Morgan fingerprint density at radius 3 is 2.41 bits per heavy atom. The van der Waals surface area contributed by atoms with Crippen molar-refractivity contribution in [3.05, 3.63) is 71.3 Å². The number of nitrogens with zero attached hydrogens (tertiary/aromatic N) is 1.